The van der Waals surface area contributed by atoms with E-state index in [1.807, 2.05) is 53.0 Å². The van der Waals surface area contributed by atoms with Crippen LogP contribution in [0, 0.1) is 12.7 Å². The summed E-state index contributed by atoms with van der Waals surface area (Å²) in [5, 5.41) is 4.68. The van der Waals surface area contributed by atoms with Crippen molar-refractivity contribution in [3.8, 4) is 23.0 Å². The second kappa shape index (κ2) is 9.16. The molecule has 2 aliphatic rings. The fourth-order valence-corrected chi connectivity index (χ4v) is 4.81. The molecular weight excluding hydrogens is 461 g/mol. The molecule has 0 spiro atoms. The van der Waals surface area contributed by atoms with E-state index in [9.17, 15) is 9.18 Å². The highest BCUT2D eigenvalue weighted by Crippen LogP contribution is 2.33. The molecule has 0 bridgehead atoms. The Morgan fingerprint density at radius 3 is 2.44 bits per heavy atom. The molecule has 0 atom stereocenters. The number of benzene rings is 2. The van der Waals surface area contributed by atoms with Crippen molar-refractivity contribution in [1.82, 2.24) is 24.1 Å². The Morgan fingerprint density at radius 2 is 1.69 bits per heavy atom. The Bertz CT molecular complexity index is 1390. The van der Waals surface area contributed by atoms with Gasteiger partial charge in [-0.1, -0.05) is 6.07 Å². The topological polar surface area (TPSA) is 64.8 Å². The van der Waals surface area contributed by atoms with Crippen LogP contribution in [0.5, 0.6) is 11.5 Å². The van der Waals surface area contributed by atoms with E-state index < -0.39 is 0 Å². The van der Waals surface area contributed by atoms with E-state index in [0.29, 0.717) is 35.9 Å². The third-order valence-corrected chi connectivity index (χ3v) is 6.67. The van der Waals surface area contributed by atoms with Crippen LogP contribution in [0.1, 0.15) is 21.6 Å². The van der Waals surface area contributed by atoms with Gasteiger partial charge < -0.3 is 18.9 Å². The number of nitrogens with zero attached hydrogens (tertiary/aromatic N) is 5. The SMILES string of the molecule is Cc1nn(-c2ccc(F)cc2)c(-n2cccc2)c1C(=O)N1CCN(Cc2ccc3c(c2)OCO3)CC1. The predicted molar refractivity (Wildman–Crippen MR) is 131 cm³/mol. The molecule has 0 radical (unpaired) electrons. The molecule has 2 aromatic heterocycles. The Morgan fingerprint density at radius 1 is 0.972 bits per heavy atom. The molecule has 0 saturated carbocycles. The first-order chi connectivity index (χ1) is 17.6. The maximum absolute atomic E-state index is 13.8. The van der Waals surface area contributed by atoms with Gasteiger partial charge >= 0.3 is 0 Å². The summed E-state index contributed by atoms with van der Waals surface area (Å²) in [4.78, 5) is 18.0. The molecule has 0 aliphatic carbocycles. The van der Waals surface area contributed by atoms with Crippen molar-refractivity contribution >= 4 is 5.91 Å². The molecule has 9 heteroatoms. The highest BCUT2D eigenvalue weighted by atomic mass is 19.1. The molecule has 1 saturated heterocycles. The van der Waals surface area contributed by atoms with Gasteiger partial charge in [-0.25, -0.2) is 9.07 Å². The molecule has 1 amide bonds. The minimum absolute atomic E-state index is 0.0488. The van der Waals surface area contributed by atoms with Crippen molar-refractivity contribution in [2.24, 2.45) is 0 Å². The average molecular weight is 488 g/mol. The lowest BCUT2D eigenvalue weighted by molar-refractivity contribution is 0.0627. The van der Waals surface area contributed by atoms with Gasteiger partial charge in [0.2, 0.25) is 6.79 Å². The van der Waals surface area contributed by atoms with Gasteiger partial charge in [-0.2, -0.15) is 5.10 Å². The monoisotopic (exact) mass is 487 g/mol. The Kier molecular flexibility index (Phi) is 5.69. The zero-order valence-electron chi connectivity index (χ0n) is 19.9. The van der Waals surface area contributed by atoms with Crippen LogP contribution in [0.25, 0.3) is 11.5 Å². The molecule has 0 unspecified atom stereocenters. The number of carbonyl (C=O) groups is 1. The number of hydrogen-bond acceptors (Lipinski definition) is 5. The van der Waals surface area contributed by atoms with Crippen molar-refractivity contribution in [2.45, 2.75) is 13.5 Å². The van der Waals surface area contributed by atoms with Gasteiger partial charge in [0.25, 0.3) is 5.91 Å². The number of fused-ring (bicyclic) bond motifs is 1. The molecule has 1 fully saturated rings. The van der Waals surface area contributed by atoms with Gasteiger partial charge in [-0.15, -0.1) is 0 Å². The number of carbonyl (C=O) groups excluding carboxylic acids is 1. The van der Waals surface area contributed by atoms with Gasteiger partial charge in [-0.05, 0) is 61.0 Å². The molecule has 2 aromatic carbocycles. The normalized spacial score (nSPS) is 15.4. The van der Waals surface area contributed by atoms with Crippen molar-refractivity contribution in [2.75, 3.05) is 33.0 Å². The maximum atomic E-state index is 13.8. The van der Waals surface area contributed by atoms with E-state index in [1.165, 1.54) is 12.1 Å². The number of aromatic nitrogens is 3. The van der Waals surface area contributed by atoms with Crippen LogP contribution < -0.4 is 9.47 Å². The number of rotatable bonds is 5. The standard InChI is InChI=1S/C27H26FN5O3/c1-19-25(26(31-10-2-3-11-31)33(29-19)22-7-5-21(28)6-8-22)27(34)32-14-12-30(13-15-32)17-20-4-9-23-24(16-20)36-18-35-23/h2-11,16H,12-15,17-18H2,1H3. The van der Waals surface area contributed by atoms with Crippen LogP contribution >= 0.6 is 0 Å². The molecule has 0 N–H and O–H groups in total. The quantitative estimate of drug-likeness (QED) is 0.429. The summed E-state index contributed by atoms with van der Waals surface area (Å²) < 4.78 is 28.0. The molecule has 4 heterocycles. The number of amides is 1. The zero-order chi connectivity index (χ0) is 24.6. The Hall–Kier alpha value is -4.11. The lowest BCUT2D eigenvalue weighted by atomic mass is 10.1. The first kappa shape index (κ1) is 22.4. The third kappa shape index (κ3) is 4.11. The van der Waals surface area contributed by atoms with Gasteiger partial charge in [0.15, 0.2) is 17.3 Å². The van der Waals surface area contributed by atoms with Crippen molar-refractivity contribution in [1.29, 1.82) is 0 Å². The summed E-state index contributed by atoms with van der Waals surface area (Å²) in [6.07, 6.45) is 3.77. The number of aryl methyl sites for hydroxylation is 1. The van der Waals surface area contributed by atoms with Gasteiger partial charge in [0.05, 0.1) is 11.4 Å². The fourth-order valence-electron chi connectivity index (χ4n) is 4.81. The van der Waals surface area contributed by atoms with E-state index in [0.717, 1.165) is 36.7 Å². The van der Waals surface area contributed by atoms with Crippen molar-refractivity contribution in [3.05, 3.63) is 89.6 Å². The number of hydrogen-bond donors (Lipinski definition) is 0. The Balaban J connectivity index is 1.22. The molecule has 184 valence electrons. The molecule has 8 nitrogen and oxygen atoms in total. The number of piperazine rings is 1. The second-order valence-electron chi connectivity index (χ2n) is 9.02. The van der Waals surface area contributed by atoms with E-state index in [4.69, 9.17) is 9.47 Å². The number of halogens is 1. The molecule has 6 rings (SSSR count). The Labute approximate surface area is 208 Å². The molecule has 2 aliphatic heterocycles. The van der Waals surface area contributed by atoms with E-state index >= 15 is 0 Å². The van der Waals surface area contributed by atoms with E-state index in [-0.39, 0.29) is 18.5 Å². The minimum Gasteiger partial charge on any atom is -0.454 e. The summed E-state index contributed by atoms with van der Waals surface area (Å²) in [6.45, 7) is 5.67. The second-order valence-corrected chi connectivity index (χ2v) is 9.02. The summed E-state index contributed by atoms with van der Waals surface area (Å²) in [5.74, 6) is 1.85. The first-order valence-corrected chi connectivity index (χ1v) is 12.0. The fraction of sp³-hybridized carbons (Fsp3) is 0.259. The summed E-state index contributed by atoms with van der Waals surface area (Å²) in [6, 6.07) is 16.0. The lowest BCUT2D eigenvalue weighted by Gasteiger charge is -2.35. The van der Waals surface area contributed by atoms with Gasteiger partial charge in [-0.3, -0.25) is 9.69 Å². The van der Waals surface area contributed by atoms with Crippen LogP contribution in [0.3, 0.4) is 0 Å². The van der Waals surface area contributed by atoms with Crippen molar-refractivity contribution < 1.29 is 18.7 Å². The third-order valence-electron chi connectivity index (χ3n) is 6.67. The van der Waals surface area contributed by atoms with Crippen LogP contribution in [0.15, 0.2) is 67.0 Å². The zero-order valence-corrected chi connectivity index (χ0v) is 19.9. The minimum atomic E-state index is -0.319. The summed E-state index contributed by atoms with van der Waals surface area (Å²) in [5.41, 5.74) is 3.04. The summed E-state index contributed by atoms with van der Waals surface area (Å²) in [7, 11) is 0. The molecule has 36 heavy (non-hydrogen) atoms. The number of ether oxygens (including phenoxy) is 2. The first-order valence-electron chi connectivity index (χ1n) is 12.0. The van der Waals surface area contributed by atoms with Crippen LogP contribution in [0.4, 0.5) is 4.39 Å². The largest absolute Gasteiger partial charge is 0.454 e. The van der Waals surface area contributed by atoms with Crippen LogP contribution in [-0.2, 0) is 6.54 Å². The highest BCUT2D eigenvalue weighted by Gasteiger charge is 2.29. The van der Waals surface area contributed by atoms with Crippen LogP contribution in [0.2, 0.25) is 0 Å². The lowest BCUT2D eigenvalue weighted by Crippen LogP contribution is -2.48. The van der Waals surface area contributed by atoms with E-state index in [1.54, 1.807) is 16.8 Å². The van der Waals surface area contributed by atoms with Crippen molar-refractivity contribution in [3.63, 3.8) is 0 Å². The molecular formula is C27H26FN5O3. The summed E-state index contributed by atoms with van der Waals surface area (Å²) >= 11 is 0. The smallest absolute Gasteiger partial charge is 0.259 e. The molecule has 4 aromatic rings. The van der Waals surface area contributed by atoms with Gasteiger partial charge in [0.1, 0.15) is 11.4 Å². The van der Waals surface area contributed by atoms with Gasteiger partial charge in [0, 0.05) is 45.1 Å². The van der Waals surface area contributed by atoms with Crippen LogP contribution in [-0.4, -0.2) is 63.0 Å². The average Bonchev–Trinajstić information content (AvgIpc) is 3.64. The maximum Gasteiger partial charge on any atom is 0.259 e. The van der Waals surface area contributed by atoms with E-state index in [2.05, 4.69) is 16.1 Å². The highest BCUT2D eigenvalue weighted by molar-refractivity contribution is 5.98. The predicted octanol–water partition coefficient (Wildman–Crippen LogP) is 3.80.